The SMILES string of the molecule is CNC(=O)c1ccc(NC(=O)c2cc(-c3cccc(Cl)c3)no2)cc1Cl. The lowest BCUT2D eigenvalue weighted by Gasteiger charge is -2.06. The van der Waals surface area contributed by atoms with Crippen molar-refractivity contribution in [2.24, 2.45) is 0 Å². The summed E-state index contributed by atoms with van der Waals surface area (Å²) in [5.74, 6) is -0.768. The lowest BCUT2D eigenvalue weighted by molar-refractivity contribution is 0.0961. The molecular weight excluding hydrogens is 377 g/mol. The number of nitrogens with one attached hydrogen (secondary N) is 2. The predicted octanol–water partition coefficient (Wildman–Crippen LogP) is 4.26. The van der Waals surface area contributed by atoms with Gasteiger partial charge in [0.25, 0.3) is 11.8 Å². The lowest BCUT2D eigenvalue weighted by atomic mass is 10.1. The average molecular weight is 390 g/mol. The highest BCUT2D eigenvalue weighted by atomic mass is 35.5. The molecule has 2 N–H and O–H groups in total. The first-order valence-electron chi connectivity index (χ1n) is 7.53. The van der Waals surface area contributed by atoms with Gasteiger partial charge in [-0.1, -0.05) is 40.5 Å². The van der Waals surface area contributed by atoms with E-state index in [2.05, 4.69) is 15.8 Å². The summed E-state index contributed by atoms with van der Waals surface area (Å²) in [4.78, 5) is 24.0. The van der Waals surface area contributed by atoms with Crippen LogP contribution in [0.15, 0.2) is 53.1 Å². The zero-order chi connectivity index (χ0) is 18.7. The van der Waals surface area contributed by atoms with Gasteiger partial charge in [-0.25, -0.2) is 0 Å². The van der Waals surface area contributed by atoms with E-state index in [4.69, 9.17) is 27.7 Å². The molecule has 132 valence electrons. The van der Waals surface area contributed by atoms with Crippen LogP contribution in [0.1, 0.15) is 20.9 Å². The van der Waals surface area contributed by atoms with Crippen LogP contribution in [-0.4, -0.2) is 24.0 Å². The lowest BCUT2D eigenvalue weighted by Crippen LogP contribution is -2.18. The molecule has 6 nitrogen and oxygen atoms in total. The third-order valence-electron chi connectivity index (χ3n) is 3.55. The number of nitrogens with zero attached hydrogens (tertiary/aromatic N) is 1. The third kappa shape index (κ3) is 3.87. The minimum Gasteiger partial charge on any atom is -0.355 e. The van der Waals surface area contributed by atoms with Crippen LogP contribution < -0.4 is 10.6 Å². The second kappa shape index (κ2) is 7.59. The first kappa shape index (κ1) is 18.0. The van der Waals surface area contributed by atoms with Crippen molar-refractivity contribution in [2.45, 2.75) is 0 Å². The maximum Gasteiger partial charge on any atom is 0.294 e. The number of hydrogen-bond donors (Lipinski definition) is 2. The first-order chi connectivity index (χ1) is 12.5. The molecular formula is C18H13Cl2N3O3. The Labute approximate surface area is 159 Å². The molecule has 8 heteroatoms. The van der Waals surface area contributed by atoms with Gasteiger partial charge in [0.1, 0.15) is 5.69 Å². The van der Waals surface area contributed by atoms with Gasteiger partial charge in [0, 0.05) is 29.4 Å². The average Bonchev–Trinajstić information content (AvgIpc) is 3.11. The molecule has 0 aliphatic rings. The molecule has 26 heavy (non-hydrogen) atoms. The summed E-state index contributed by atoms with van der Waals surface area (Å²) in [6, 6.07) is 13.1. The van der Waals surface area contributed by atoms with Gasteiger partial charge in [0.2, 0.25) is 5.76 Å². The fourth-order valence-corrected chi connectivity index (χ4v) is 2.73. The van der Waals surface area contributed by atoms with Gasteiger partial charge in [0.15, 0.2) is 0 Å². The second-order valence-electron chi connectivity index (χ2n) is 5.31. The topological polar surface area (TPSA) is 84.2 Å². The number of hydrogen-bond acceptors (Lipinski definition) is 4. The van der Waals surface area contributed by atoms with Gasteiger partial charge < -0.3 is 15.2 Å². The summed E-state index contributed by atoms with van der Waals surface area (Å²) in [5, 5.41) is 9.79. The largest absolute Gasteiger partial charge is 0.355 e. The minimum absolute atomic E-state index is 0.0338. The number of anilines is 1. The molecule has 2 amide bonds. The number of carbonyl (C=O) groups excluding carboxylic acids is 2. The summed E-state index contributed by atoms with van der Waals surface area (Å²) >= 11 is 12.0. The van der Waals surface area contributed by atoms with E-state index in [1.54, 1.807) is 24.3 Å². The van der Waals surface area contributed by atoms with Gasteiger partial charge in [-0.3, -0.25) is 9.59 Å². The molecule has 0 aliphatic carbocycles. The maximum atomic E-state index is 12.3. The Kier molecular flexibility index (Phi) is 5.25. The molecule has 3 rings (SSSR count). The Morgan fingerprint density at radius 2 is 1.85 bits per heavy atom. The van der Waals surface area contributed by atoms with Crippen molar-refractivity contribution in [3.05, 3.63) is 69.9 Å². The third-order valence-corrected chi connectivity index (χ3v) is 4.10. The van der Waals surface area contributed by atoms with E-state index in [-0.39, 0.29) is 16.7 Å². The van der Waals surface area contributed by atoms with Crippen LogP contribution in [-0.2, 0) is 0 Å². The second-order valence-corrected chi connectivity index (χ2v) is 6.16. The number of benzene rings is 2. The van der Waals surface area contributed by atoms with Crippen molar-refractivity contribution in [1.82, 2.24) is 10.5 Å². The molecule has 2 aromatic carbocycles. The Morgan fingerprint density at radius 1 is 1.04 bits per heavy atom. The van der Waals surface area contributed by atoms with Gasteiger partial charge in [-0.15, -0.1) is 0 Å². The van der Waals surface area contributed by atoms with E-state index in [0.29, 0.717) is 22.0 Å². The quantitative estimate of drug-likeness (QED) is 0.697. The van der Waals surface area contributed by atoms with Crippen LogP contribution in [0.4, 0.5) is 5.69 Å². The molecule has 0 atom stereocenters. The normalized spacial score (nSPS) is 10.4. The molecule has 0 fully saturated rings. The highest BCUT2D eigenvalue weighted by Gasteiger charge is 2.16. The molecule has 0 radical (unpaired) electrons. The van der Waals surface area contributed by atoms with Crippen molar-refractivity contribution in [3.8, 4) is 11.3 Å². The van der Waals surface area contributed by atoms with E-state index >= 15 is 0 Å². The minimum atomic E-state index is -0.491. The maximum absolute atomic E-state index is 12.3. The molecule has 0 saturated heterocycles. The van der Waals surface area contributed by atoms with Crippen molar-refractivity contribution in [1.29, 1.82) is 0 Å². The fourth-order valence-electron chi connectivity index (χ4n) is 2.27. The van der Waals surface area contributed by atoms with Crippen LogP contribution in [0.25, 0.3) is 11.3 Å². The van der Waals surface area contributed by atoms with E-state index in [1.165, 1.54) is 25.2 Å². The molecule has 0 spiro atoms. The molecule has 0 saturated carbocycles. The number of carbonyl (C=O) groups is 2. The molecule has 0 unspecified atom stereocenters. The van der Waals surface area contributed by atoms with Crippen LogP contribution in [0, 0.1) is 0 Å². The zero-order valence-corrected chi connectivity index (χ0v) is 15.1. The monoisotopic (exact) mass is 389 g/mol. The van der Waals surface area contributed by atoms with E-state index in [1.807, 2.05) is 6.07 Å². The van der Waals surface area contributed by atoms with Crippen molar-refractivity contribution >= 4 is 40.7 Å². The smallest absolute Gasteiger partial charge is 0.294 e. The van der Waals surface area contributed by atoms with Crippen molar-refractivity contribution in [2.75, 3.05) is 12.4 Å². The van der Waals surface area contributed by atoms with Gasteiger partial charge in [-0.2, -0.15) is 0 Å². The summed E-state index contributed by atoms with van der Waals surface area (Å²) in [5.41, 5.74) is 1.97. The highest BCUT2D eigenvalue weighted by molar-refractivity contribution is 6.34. The zero-order valence-electron chi connectivity index (χ0n) is 13.5. The van der Waals surface area contributed by atoms with Crippen molar-refractivity contribution in [3.63, 3.8) is 0 Å². The molecule has 3 aromatic rings. The number of amides is 2. The van der Waals surface area contributed by atoms with Crippen LogP contribution in [0.3, 0.4) is 0 Å². The summed E-state index contributed by atoms with van der Waals surface area (Å²) < 4.78 is 5.10. The van der Waals surface area contributed by atoms with Crippen LogP contribution in [0.5, 0.6) is 0 Å². The summed E-state index contributed by atoms with van der Waals surface area (Å²) in [6.07, 6.45) is 0. The fraction of sp³-hybridized carbons (Fsp3) is 0.0556. The Bertz CT molecular complexity index is 985. The van der Waals surface area contributed by atoms with Crippen LogP contribution in [0.2, 0.25) is 10.0 Å². The predicted molar refractivity (Wildman–Crippen MR) is 99.7 cm³/mol. The molecule has 0 aliphatic heterocycles. The van der Waals surface area contributed by atoms with Crippen molar-refractivity contribution < 1.29 is 14.1 Å². The van der Waals surface area contributed by atoms with Gasteiger partial charge in [0.05, 0.1) is 10.6 Å². The summed E-state index contributed by atoms with van der Waals surface area (Å²) in [7, 11) is 1.51. The summed E-state index contributed by atoms with van der Waals surface area (Å²) in [6.45, 7) is 0. The van der Waals surface area contributed by atoms with Gasteiger partial charge in [-0.05, 0) is 30.3 Å². The number of halogens is 2. The Hall–Kier alpha value is -2.83. The molecule has 1 heterocycles. The first-order valence-corrected chi connectivity index (χ1v) is 8.29. The van der Waals surface area contributed by atoms with Crippen LogP contribution >= 0.6 is 23.2 Å². The Morgan fingerprint density at radius 3 is 2.54 bits per heavy atom. The Balaban J connectivity index is 1.77. The molecule has 1 aromatic heterocycles. The standard InChI is InChI=1S/C18H13Cl2N3O3/c1-21-17(24)13-6-5-12(8-14(13)20)22-18(25)16-9-15(23-26-16)10-3-2-4-11(19)7-10/h2-9H,1H3,(H,21,24)(H,22,25). The van der Waals surface area contributed by atoms with E-state index < -0.39 is 5.91 Å². The number of rotatable bonds is 4. The van der Waals surface area contributed by atoms with E-state index in [0.717, 1.165) is 5.56 Å². The molecule has 0 bridgehead atoms. The number of aromatic nitrogens is 1. The highest BCUT2D eigenvalue weighted by Crippen LogP contribution is 2.24. The van der Waals surface area contributed by atoms with E-state index in [9.17, 15) is 9.59 Å². The van der Waals surface area contributed by atoms with Gasteiger partial charge >= 0.3 is 0 Å².